The Labute approximate surface area is 164 Å². The summed E-state index contributed by atoms with van der Waals surface area (Å²) in [6.07, 6.45) is 0. The Morgan fingerprint density at radius 2 is 1.81 bits per heavy atom. The second-order valence-corrected chi connectivity index (χ2v) is 7.14. The Morgan fingerprint density at radius 3 is 2.59 bits per heavy atom. The Bertz CT molecular complexity index is 894. The SMILES string of the molecule is CN(C)CCNCc1c(OCc2c(F)cccc2Cl)ccc2ccccc12. The van der Waals surface area contributed by atoms with Crippen molar-refractivity contribution in [2.45, 2.75) is 13.2 Å². The summed E-state index contributed by atoms with van der Waals surface area (Å²) in [6.45, 7) is 2.59. The fraction of sp³-hybridized carbons (Fsp3) is 0.273. The Morgan fingerprint density at radius 1 is 1.00 bits per heavy atom. The summed E-state index contributed by atoms with van der Waals surface area (Å²) in [5, 5.41) is 6.12. The molecule has 0 saturated carbocycles. The molecule has 0 radical (unpaired) electrons. The first-order valence-corrected chi connectivity index (χ1v) is 9.36. The molecule has 0 heterocycles. The summed E-state index contributed by atoms with van der Waals surface area (Å²) in [7, 11) is 4.10. The van der Waals surface area contributed by atoms with Crippen LogP contribution in [-0.2, 0) is 13.2 Å². The summed E-state index contributed by atoms with van der Waals surface area (Å²) in [6, 6.07) is 16.8. The highest BCUT2D eigenvalue weighted by atomic mass is 35.5. The molecule has 0 atom stereocenters. The molecule has 0 saturated heterocycles. The van der Waals surface area contributed by atoms with E-state index in [4.69, 9.17) is 16.3 Å². The minimum Gasteiger partial charge on any atom is -0.488 e. The molecule has 0 fully saturated rings. The van der Waals surface area contributed by atoms with Gasteiger partial charge in [-0.15, -0.1) is 0 Å². The first-order valence-electron chi connectivity index (χ1n) is 8.98. The van der Waals surface area contributed by atoms with E-state index in [1.807, 2.05) is 38.4 Å². The average Bonchev–Trinajstić information content (AvgIpc) is 2.65. The highest BCUT2D eigenvalue weighted by Gasteiger charge is 2.12. The van der Waals surface area contributed by atoms with Crippen molar-refractivity contribution in [3.63, 3.8) is 0 Å². The zero-order valence-corrected chi connectivity index (χ0v) is 16.4. The maximum absolute atomic E-state index is 14.0. The molecular formula is C22H24ClFN2O. The normalized spacial score (nSPS) is 11.3. The van der Waals surface area contributed by atoms with Gasteiger partial charge in [0.15, 0.2) is 0 Å². The highest BCUT2D eigenvalue weighted by Crippen LogP contribution is 2.30. The lowest BCUT2D eigenvalue weighted by atomic mass is 10.0. The number of nitrogens with zero attached hydrogens (tertiary/aromatic N) is 1. The molecule has 0 aliphatic heterocycles. The molecule has 0 spiro atoms. The van der Waals surface area contributed by atoms with E-state index in [1.165, 1.54) is 6.07 Å². The van der Waals surface area contributed by atoms with Crippen LogP contribution in [0.25, 0.3) is 10.8 Å². The topological polar surface area (TPSA) is 24.5 Å². The predicted molar refractivity (Wildman–Crippen MR) is 110 cm³/mol. The summed E-state index contributed by atoms with van der Waals surface area (Å²) < 4.78 is 20.0. The molecule has 3 rings (SSSR count). The number of rotatable bonds is 8. The van der Waals surface area contributed by atoms with Crippen molar-refractivity contribution in [1.29, 1.82) is 0 Å². The molecule has 0 unspecified atom stereocenters. The number of benzene rings is 3. The quantitative estimate of drug-likeness (QED) is 0.559. The molecule has 0 aliphatic carbocycles. The summed E-state index contributed by atoms with van der Waals surface area (Å²) in [5.74, 6) is 0.388. The fourth-order valence-electron chi connectivity index (χ4n) is 2.97. The number of fused-ring (bicyclic) bond motifs is 1. The van der Waals surface area contributed by atoms with E-state index in [1.54, 1.807) is 12.1 Å². The summed E-state index contributed by atoms with van der Waals surface area (Å²) >= 11 is 6.13. The largest absolute Gasteiger partial charge is 0.488 e. The number of hydrogen-bond acceptors (Lipinski definition) is 3. The van der Waals surface area contributed by atoms with Crippen LogP contribution in [0.1, 0.15) is 11.1 Å². The monoisotopic (exact) mass is 386 g/mol. The third-order valence-electron chi connectivity index (χ3n) is 4.47. The lowest BCUT2D eigenvalue weighted by molar-refractivity contribution is 0.296. The van der Waals surface area contributed by atoms with Crippen molar-refractivity contribution in [2.75, 3.05) is 27.2 Å². The van der Waals surface area contributed by atoms with E-state index in [-0.39, 0.29) is 12.4 Å². The second-order valence-electron chi connectivity index (χ2n) is 6.73. The van der Waals surface area contributed by atoms with E-state index in [0.29, 0.717) is 17.1 Å². The molecule has 0 bridgehead atoms. The van der Waals surface area contributed by atoms with Gasteiger partial charge in [0.2, 0.25) is 0 Å². The number of likely N-dealkylation sites (N-methyl/N-ethyl adjacent to an activating group) is 1. The molecule has 3 nitrogen and oxygen atoms in total. The van der Waals surface area contributed by atoms with E-state index >= 15 is 0 Å². The van der Waals surface area contributed by atoms with E-state index in [9.17, 15) is 4.39 Å². The fourth-order valence-corrected chi connectivity index (χ4v) is 3.19. The molecule has 1 N–H and O–H groups in total. The van der Waals surface area contributed by atoms with Gasteiger partial charge in [0.05, 0.1) is 5.02 Å². The van der Waals surface area contributed by atoms with Gasteiger partial charge in [0, 0.05) is 30.8 Å². The van der Waals surface area contributed by atoms with Crippen LogP contribution in [0.4, 0.5) is 4.39 Å². The van der Waals surface area contributed by atoms with Crippen molar-refractivity contribution in [3.8, 4) is 5.75 Å². The molecule has 0 aliphatic rings. The third kappa shape index (κ3) is 4.98. The van der Waals surface area contributed by atoms with Gasteiger partial charge in [-0.2, -0.15) is 0 Å². The molecule has 142 valence electrons. The standard InChI is InChI=1S/C22H24ClFN2O/c1-26(2)13-12-25-14-18-17-7-4-3-6-16(17)10-11-22(18)27-15-19-20(23)8-5-9-21(19)24/h3-11,25H,12-15H2,1-2H3. The van der Waals surface area contributed by atoms with E-state index < -0.39 is 0 Å². The molecule has 0 aromatic heterocycles. The van der Waals surface area contributed by atoms with Crippen LogP contribution in [0, 0.1) is 5.82 Å². The van der Waals surface area contributed by atoms with Gasteiger partial charge in [-0.1, -0.05) is 48.0 Å². The van der Waals surface area contributed by atoms with Crippen LogP contribution in [0.5, 0.6) is 5.75 Å². The number of ether oxygens (including phenoxy) is 1. The molecular weight excluding hydrogens is 363 g/mol. The zero-order valence-electron chi connectivity index (χ0n) is 15.6. The van der Waals surface area contributed by atoms with Crippen molar-refractivity contribution in [1.82, 2.24) is 10.2 Å². The Balaban J connectivity index is 1.84. The van der Waals surface area contributed by atoms with Crippen LogP contribution >= 0.6 is 11.6 Å². The van der Waals surface area contributed by atoms with Crippen LogP contribution in [-0.4, -0.2) is 32.1 Å². The van der Waals surface area contributed by atoms with Gasteiger partial charge in [-0.3, -0.25) is 0 Å². The number of nitrogens with one attached hydrogen (secondary N) is 1. The smallest absolute Gasteiger partial charge is 0.131 e. The minimum atomic E-state index is -0.353. The first-order chi connectivity index (χ1) is 13.1. The summed E-state index contributed by atoms with van der Waals surface area (Å²) in [4.78, 5) is 2.13. The molecule has 3 aromatic rings. The molecule has 0 amide bonds. The van der Waals surface area contributed by atoms with Crippen LogP contribution in [0.15, 0.2) is 54.6 Å². The third-order valence-corrected chi connectivity index (χ3v) is 4.82. The van der Waals surface area contributed by atoms with Gasteiger partial charge in [0.1, 0.15) is 18.2 Å². The molecule has 3 aromatic carbocycles. The first kappa shape index (κ1) is 19.6. The van der Waals surface area contributed by atoms with Crippen molar-refractivity contribution in [3.05, 3.63) is 76.6 Å². The van der Waals surface area contributed by atoms with Gasteiger partial charge in [-0.05, 0) is 43.1 Å². The molecule has 5 heteroatoms. The van der Waals surface area contributed by atoms with E-state index in [2.05, 4.69) is 22.3 Å². The van der Waals surface area contributed by atoms with Crippen LogP contribution in [0.2, 0.25) is 5.02 Å². The molecule has 27 heavy (non-hydrogen) atoms. The number of halogens is 2. The lowest BCUT2D eigenvalue weighted by Gasteiger charge is -2.16. The van der Waals surface area contributed by atoms with Crippen molar-refractivity contribution < 1.29 is 9.13 Å². The van der Waals surface area contributed by atoms with Crippen LogP contribution < -0.4 is 10.1 Å². The Kier molecular flexibility index (Phi) is 6.67. The van der Waals surface area contributed by atoms with E-state index in [0.717, 1.165) is 35.2 Å². The van der Waals surface area contributed by atoms with Gasteiger partial charge < -0.3 is 15.0 Å². The van der Waals surface area contributed by atoms with Gasteiger partial charge in [0.25, 0.3) is 0 Å². The summed E-state index contributed by atoms with van der Waals surface area (Å²) in [5.41, 5.74) is 1.44. The Hall–Kier alpha value is -2.14. The predicted octanol–water partition coefficient (Wildman–Crippen LogP) is 4.86. The maximum Gasteiger partial charge on any atom is 0.131 e. The minimum absolute atomic E-state index is 0.0918. The zero-order chi connectivity index (χ0) is 19.2. The lowest BCUT2D eigenvalue weighted by Crippen LogP contribution is -2.26. The van der Waals surface area contributed by atoms with Crippen molar-refractivity contribution >= 4 is 22.4 Å². The highest BCUT2D eigenvalue weighted by molar-refractivity contribution is 6.31. The van der Waals surface area contributed by atoms with Crippen molar-refractivity contribution in [2.24, 2.45) is 0 Å². The average molecular weight is 387 g/mol. The maximum atomic E-state index is 14.0. The second kappa shape index (κ2) is 9.18. The van der Waals surface area contributed by atoms with Gasteiger partial charge >= 0.3 is 0 Å². The number of hydrogen-bond donors (Lipinski definition) is 1. The van der Waals surface area contributed by atoms with Gasteiger partial charge in [-0.25, -0.2) is 4.39 Å². The van der Waals surface area contributed by atoms with Crippen LogP contribution in [0.3, 0.4) is 0 Å².